The van der Waals surface area contributed by atoms with Crippen LogP contribution in [-0.2, 0) is 14.3 Å². The number of methoxy groups -OCH3 is 1. The summed E-state index contributed by atoms with van der Waals surface area (Å²) in [5, 5.41) is 0. The third kappa shape index (κ3) is 3.49. The number of carbonyl (C=O) groups is 2. The Balaban J connectivity index is 1.75. The van der Waals surface area contributed by atoms with Crippen LogP contribution in [-0.4, -0.2) is 31.1 Å². The van der Waals surface area contributed by atoms with Crippen LogP contribution < -0.4 is 9.47 Å². The van der Waals surface area contributed by atoms with Crippen LogP contribution in [0.1, 0.15) is 38.5 Å². The maximum atomic E-state index is 12.0. The second-order valence-corrected chi connectivity index (χ2v) is 6.38. The summed E-state index contributed by atoms with van der Waals surface area (Å²) in [5.74, 6) is 1.16. The van der Waals surface area contributed by atoms with Crippen molar-refractivity contribution in [2.24, 2.45) is 5.92 Å². The van der Waals surface area contributed by atoms with Gasteiger partial charge in [-0.2, -0.15) is 0 Å². The van der Waals surface area contributed by atoms with Crippen LogP contribution in [0.4, 0.5) is 0 Å². The van der Waals surface area contributed by atoms with Gasteiger partial charge in [0.15, 0.2) is 5.60 Å². The van der Waals surface area contributed by atoms with Gasteiger partial charge < -0.3 is 14.2 Å². The number of cyclic esters (lactones) is 1. The van der Waals surface area contributed by atoms with Crippen LogP contribution in [0.3, 0.4) is 0 Å². The van der Waals surface area contributed by atoms with E-state index in [4.69, 9.17) is 14.2 Å². The molecular formula is C18H22O5. The molecule has 1 atom stereocenters. The Morgan fingerprint density at radius 1 is 1.13 bits per heavy atom. The Bertz CT molecular complexity index is 556. The molecule has 3 rings (SSSR count). The maximum Gasteiger partial charge on any atom is 0.314 e. The Kier molecular flexibility index (Phi) is 4.55. The zero-order chi connectivity index (χ0) is 16.3. The first-order valence-electron chi connectivity index (χ1n) is 8.12. The average Bonchev–Trinajstić information content (AvgIpc) is 3.08. The fraction of sp³-hybridized carbons (Fsp3) is 0.556. The number of esters is 1. The molecule has 1 heterocycles. The molecule has 5 nitrogen and oxygen atoms in total. The highest BCUT2D eigenvalue weighted by atomic mass is 16.6. The molecule has 1 saturated carbocycles. The van der Waals surface area contributed by atoms with Crippen molar-refractivity contribution in [1.82, 2.24) is 0 Å². The number of hydrogen-bond acceptors (Lipinski definition) is 5. The lowest BCUT2D eigenvalue weighted by molar-refractivity contribution is -0.182. The maximum absolute atomic E-state index is 12.0. The van der Waals surface area contributed by atoms with Gasteiger partial charge in [-0.25, -0.2) is 0 Å². The molecule has 1 aromatic rings. The van der Waals surface area contributed by atoms with Crippen molar-refractivity contribution in [3.63, 3.8) is 0 Å². The highest BCUT2D eigenvalue weighted by Gasteiger charge is 2.49. The first kappa shape index (κ1) is 15.8. The molecule has 0 bridgehead atoms. The lowest BCUT2D eigenvalue weighted by Gasteiger charge is -2.40. The molecule has 23 heavy (non-hydrogen) atoms. The van der Waals surface area contributed by atoms with Gasteiger partial charge in [0.2, 0.25) is 0 Å². The van der Waals surface area contributed by atoms with E-state index in [9.17, 15) is 9.59 Å². The minimum absolute atomic E-state index is 0.0496. The Morgan fingerprint density at radius 2 is 1.78 bits per heavy atom. The van der Waals surface area contributed by atoms with Crippen molar-refractivity contribution in [3.8, 4) is 11.5 Å². The zero-order valence-corrected chi connectivity index (χ0v) is 13.4. The van der Waals surface area contributed by atoms with Crippen molar-refractivity contribution >= 4 is 11.8 Å². The van der Waals surface area contributed by atoms with Gasteiger partial charge in [-0.15, -0.1) is 0 Å². The molecule has 0 N–H and O–H groups in total. The van der Waals surface area contributed by atoms with E-state index < -0.39 is 11.6 Å². The van der Waals surface area contributed by atoms with Crippen LogP contribution in [0.5, 0.6) is 11.5 Å². The van der Waals surface area contributed by atoms with Crippen LogP contribution in [0, 0.1) is 5.92 Å². The van der Waals surface area contributed by atoms with Crippen LogP contribution >= 0.6 is 0 Å². The summed E-state index contributed by atoms with van der Waals surface area (Å²) in [7, 11) is 1.61. The minimum Gasteiger partial charge on any atom is -0.497 e. The van der Waals surface area contributed by atoms with Crippen molar-refractivity contribution < 1.29 is 23.8 Å². The molecule has 0 aromatic heterocycles. The zero-order valence-electron chi connectivity index (χ0n) is 13.4. The van der Waals surface area contributed by atoms with E-state index in [0.717, 1.165) is 31.4 Å². The molecule has 1 unspecified atom stereocenters. The molecule has 2 fully saturated rings. The van der Waals surface area contributed by atoms with Crippen molar-refractivity contribution in [2.45, 2.75) is 44.1 Å². The molecule has 2 aliphatic rings. The molecule has 5 heteroatoms. The van der Waals surface area contributed by atoms with Crippen LogP contribution in [0.2, 0.25) is 0 Å². The van der Waals surface area contributed by atoms with E-state index in [0.29, 0.717) is 5.75 Å². The van der Waals surface area contributed by atoms with Crippen molar-refractivity contribution in [1.29, 1.82) is 0 Å². The van der Waals surface area contributed by atoms with E-state index in [1.807, 2.05) is 24.3 Å². The van der Waals surface area contributed by atoms with Gasteiger partial charge in [0.25, 0.3) is 0 Å². The summed E-state index contributed by atoms with van der Waals surface area (Å²) in [6.45, 7) is 0.224. The van der Waals surface area contributed by atoms with Gasteiger partial charge in [-0.3, -0.25) is 9.59 Å². The van der Waals surface area contributed by atoms with E-state index in [1.165, 1.54) is 0 Å². The van der Waals surface area contributed by atoms with Crippen molar-refractivity contribution in [2.75, 3.05) is 13.7 Å². The second-order valence-electron chi connectivity index (χ2n) is 6.38. The SMILES string of the molecule is COc1ccc(OCC2(C3CCCC3)CC(=O)CC(=O)O2)cc1. The molecule has 1 aliphatic carbocycles. The molecule has 124 valence electrons. The number of carbonyl (C=O) groups excluding carboxylic acids is 2. The number of Topliss-reactive ketones (excluding diaryl/α,β-unsaturated/α-hetero) is 1. The molecular weight excluding hydrogens is 296 g/mol. The van der Waals surface area contributed by atoms with Crippen LogP contribution in [0.25, 0.3) is 0 Å². The predicted molar refractivity (Wildman–Crippen MR) is 83.5 cm³/mol. The molecule has 1 saturated heterocycles. The Labute approximate surface area is 135 Å². The van der Waals surface area contributed by atoms with Gasteiger partial charge in [0.05, 0.1) is 13.5 Å². The largest absolute Gasteiger partial charge is 0.497 e. The van der Waals surface area contributed by atoms with Gasteiger partial charge in [-0.1, -0.05) is 12.8 Å². The summed E-state index contributed by atoms with van der Waals surface area (Å²) < 4.78 is 16.7. The number of benzene rings is 1. The standard InChI is InChI=1S/C18H22O5/c1-21-15-6-8-16(9-7-15)22-12-18(13-4-2-3-5-13)11-14(19)10-17(20)23-18/h6-9,13H,2-5,10-12H2,1H3. The fourth-order valence-corrected chi connectivity index (χ4v) is 3.61. The Hall–Kier alpha value is -2.04. The van der Waals surface area contributed by atoms with Gasteiger partial charge >= 0.3 is 5.97 Å². The topological polar surface area (TPSA) is 61.8 Å². The van der Waals surface area contributed by atoms with Gasteiger partial charge in [0.1, 0.15) is 30.3 Å². The second kappa shape index (κ2) is 6.60. The van der Waals surface area contributed by atoms with E-state index in [1.54, 1.807) is 7.11 Å². The summed E-state index contributed by atoms with van der Waals surface area (Å²) in [5.41, 5.74) is -0.803. The predicted octanol–water partition coefficient (Wildman–Crippen LogP) is 2.91. The summed E-state index contributed by atoms with van der Waals surface area (Å²) in [4.78, 5) is 23.8. The molecule has 0 radical (unpaired) electrons. The van der Waals surface area contributed by atoms with Crippen molar-refractivity contribution in [3.05, 3.63) is 24.3 Å². The summed E-state index contributed by atoms with van der Waals surface area (Å²) in [6.07, 6.45) is 4.33. The number of rotatable bonds is 5. The Morgan fingerprint density at radius 3 is 2.39 bits per heavy atom. The monoisotopic (exact) mass is 318 g/mol. The lowest BCUT2D eigenvalue weighted by Crippen LogP contribution is -2.51. The highest BCUT2D eigenvalue weighted by molar-refractivity contribution is 5.98. The van der Waals surface area contributed by atoms with E-state index in [-0.39, 0.29) is 31.1 Å². The fourth-order valence-electron chi connectivity index (χ4n) is 3.61. The number of hydrogen-bond donors (Lipinski definition) is 0. The highest BCUT2D eigenvalue weighted by Crippen LogP contribution is 2.41. The number of ketones is 1. The third-order valence-corrected chi connectivity index (χ3v) is 4.80. The lowest BCUT2D eigenvalue weighted by atomic mass is 9.80. The average molecular weight is 318 g/mol. The van der Waals surface area contributed by atoms with Gasteiger partial charge in [0, 0.05) is 5.92 Å². The normalized spacial score (nSPS) is 25.3. The summed E-state index contributed by atoms with van der Waals surface area (Å²) in [6, 6.07) is 7.26. The van der Waals surface area contributed by atoms with E-state index in [2.05, 4.69) is 0 Å². The molecule has 1 aromatic carbocycles. The quantitative estimate of drug-likeness (QED) is 0.617. The smallest absolute Gasteiger partial charge is 0.314 e. The third-order valence-electron chi connectivity index (χ3n) is 4.80. The summed E-state index contributed by atoms with van der Waals surface area (Å²) >= 11 is 0. The van der Waals surface area contributed by atoms with Crippen LogP contribution in [0.15, 0.2) is 24.3 Å². The first-order valence-corrected chi connectivity index (χ1v) is 8.12. The van der Waals surface area contributed by atoms with Gasteiger partial charge in [-0.05, 0) is 37.1 Å². The number of ether oxygens (including phenoxy) is 3. The molecule has 0 spiro atoms. The molecule has 0 amide bonds. The molecule has 1 aliphatic heterocycles. The first-order chi connectivity index (χ1) is 11.1. The van der Waals surface area contributed by atoms with E-state index >= 15 is 0 Å². The minimum atomic E-state index is -0.803.